The second-order valence-electron chi connectivity index (χ2n) is 8.72. The number of hydrogen-bond acceptors (Lipinski definition) is 8. The molecule has 176 valence electrons. The van der Waals surface area contributed by atoms with Crippen molar-refractivity contribution in [2.75, 3.05) is 36.1 Å². The van der Waals surface area contributed by atoms with Crippen molar-refractivity contribution < 1.29 is 13.7 Å². The first-order chi connectivity index (χ1) is 16.2. The Morgan fingerprint density at radius 2 is 2.00 bits per heavy atom. The zero-order valence-electron chi connectivity index (χ0n) is 19.0. The van der Waals surface area contributed by atoms with Crippen LogP contribution in [-0.2, 0) is 22.3 Å². The van der Waals surface area contributed by atoms with Crippen LogP contribution in [0.25, 0.3) is 11.1 Å². The van der Waals surface area contributed by atoms with Gasteiger partial charge in [-0.2, -0.15) is 4.98 Å². The van der Waals surface area contributed by atoms with Crippen molar-refractivity contribution >= 4 is 34.0 Å². The quantitative estimate of drug-likeness (QED) is 0.448. The van der Waals surface area contributed by atoms with Crippen molar-refractivity contribution in [3.63, 3.8) is 0 Å². The Morgan fingerprint density at radius 3 is 2.82 bits per heavy atom. The first kappa shape index (κ1) is 22.4. The van der Waals surface area contributed by atoms with Crippen LogP contribution >= 0.6 is 0 Å². The van der Waals surface area contributed by atoms with E-state index in [4.69, 9.17) is 19.1 Å². The molecule has 2 aromatic heterocycles. The minimum Gasteiger partial charge on any atom is -0.611 e. The van der Waals surface area contributed by atoms with Crippen LogP contribution in [0.4, 0.5) is 11.8 Å². The number of aromatic nitrogens is 3. The molecule has 0 spiro atoms. The van der Waals surface area contributed by atoms with Gasteiger partial charge in [0.2, 0.25) is 10.8 Å². The molecule has 2 aliphatic rings. The van der Waals surface area contributed by atoms with Crippen molar-refractivity contribution in [1.29, 1.82) is 0 Å². The first-order valence-electron chi connectivity index (χ1n) is 11.9. The summed E-state index contributed by atoms with van der Waals surface area (Å²) >= 11 is -1.04. The average Bonchev–Trinajstić information content (AvgIpc) is 3.43. The summed E-state index contributed by atoms with van der Waals surface area (Å²) in [5.74, 6) is 2.96. The Hall–Kier alpha value is -2.36. The molecule has 0 radical (unpaired) electrons. The number of hydrogen-bond donors (Lipinski definition) is 2. The molecule has 8 nitrogen and oxygen atoms in total. The number of ether oxygens (including phenoxy) is 1. The van der Waals surface area contributed by atoms with E-state index in [9.17, 15) is 4.55 Å². The van der Waals surface area contributed by atoms with E-state index in [0.717, 1.165) is 79.3 Å². The fourth-order valence-electron chi connectivity index (χ4n) is 4.57. The summed E-state index contributed by atoms with van der Waals surface area (Å²) in [6, 6.07) is 8.19. The summed E-state index contributed by atoms with van der Waals surface area (Å²) in [5.41, 5.74) is 2.63. The van der Waals surface area contributed by atoms with Crippen molar-refractivity contribution in [2.24, 2.45) is 0 Å². The zero-order chi connectivity index (χ0) is 22.6. The number of para-hydroxylation sites is 2. The molecule has 3 aromatic rings. The molecule has 0 bridgehead atoms. The lowest BCUT2D eigenvalue weighted by atomic mass is 10.00. The number of fused-ring (bicyclic) bond motifs is 2. The molecule has 2 N–H and O–H groups in total. The third-order valence-corrected chi connectivity index (χ3v) is 7.78. The summed E-state index contributed by atoms with van der Waals surface area (Å²) in [4.78, 5) is 14.9. The van der Waals surface area contributed by atoms with Crippen LogP contribution in [0, 0.1) is 0 Å². The highest BCUT2D eigenvalue weighted by Gasteiger charge is 2.33. The molecule has 5 rings (SSSR count). The van der Waals surface area contributed by atoms with Crippen LogP contribution in [0.1, 0.15) is 56.5 Å². The number of oxazole rings is 1. The van der Waals surface area contributed by atoms with Gasteiger partial charge in [-0.3, -0.25) is 0 Å². The molecule has 0 aliphatic carbocycles. The highest BCUT2D eigenvalue weighted by atomic mass is 32.2. The lowest BCUT2D eigenvalue weighted by Gasteiger charge is -2.24. The fraction of sp³-hybridized carbons (Fsp3) is 0.542. The van der Waals surface area contributed by atoms with E-state index in [1.54, 1.807) is 0 Å². The van der Waals surface area contributed by atoms with Crippen LogP contribution in [0.15, 0.2) is 33.6 Å². The second-order valence-corrected chi connectivity index (χ2v) is 10.2. The molecular formula is C24H31N5O3S. The van der Waals surface area contributed by atoms with Gasteiger partial charge in [-0.1, -0.05) is 25.5 Å². The predicted octanol–water partition coefficient (Wildman–Crippen LogP) is 4.26. The number of aryl methyl sites for hydroxylation is 1. The van der Waals surface area contributed by atoms with E-state index in [1.165, 1.54) is 0 Å². The van der Waals surface area contributed by atoms with Gasteiger partial charge in [-0.25, -0.2) is 9.97 Å². The van der Waals surface area contributed by atoms with Crippen molar-refractivity contribution in [1.82, 2.24) is 15.0 Å². The van der Waals surface area contributed by atoms with E-state index in [0.29, 0.717) is 24.1 Å². The van der Waals surface area contributed by atoms with Gasteiger partial charge in [0.05, 0.1) is 0 Å². The lowest BCUT2D eigenvalue weighted by Crippen LogP contribution is -2.29. The fourth-order valence-corrected chi connectivity index (χ4v) is 5.89. The van der Waals surface area contributed by atoms with Gasteiger partial charge < -0.3 is 24.3 Å². The smallest absolute Gasteiger partial charge is 0.225 e. The highest BCUT2D eigenvalue weighted by molar-refractivity contribution is 7.91. The molecule has 1 aromatic carbocycles. The maximum Gasteiger partial charge on any atom is 0.225 e. The van der Waals surface area contributed by atoms with Gasteiger partial charge in [0, 0.05) is 38.1 Å². The number of nitrogens with one attached hydrogen (secondary N) is 2. The van der Waals surface area contributed by atoms with Crippen LogP contribution in [0.2, 0.25) is 0 Å². The summed E-state index contributed by atoms with van der Waals surface area (Å²) < 4.78 is 24.1. The van der Waals surface area contributed by atoms with Crippen molar-refractivity contribution in [2.45, 2.75) is 62.3 Å². The Kier molecular flexibility index (Phi) is 6.99. The molecule has 1 saturated heterocycles. The minimum absolute atomic E-state index is 0.233. The summed E-state index contributed by atoms with van der Waals surface area (Å²) in [6.45, 7) is 4.38. The van der Waals surface area contributed by atoms with Gasteiger partial charge in [0.15, 0.2) is 17.3 Å². The lowest BCUT2D eigenvalue weighted by molar-refractivity contribution is 0.0903. The third kappa shape index (κ3) is 5.10. The molecule has 1 fully saturated rings. The highest BCUT2D eigenvalue weighted by Crippen LogP contribution is 2.33. The number of benzene rings is 1. The molecule has 2 aliphatic heterocycles. The monoisotopic (exact) mass is 469 g/mol. The SMILES string of the molecule is CCCC(CCNc1nc2c(c(NC3CCOCC3)n1)[S+]([O-])CC2)c1nc2ccccc2o1. The van der Waals surface area contributed by atoms with Crippen LogP contribution in [-0.4, -0.2) is 51.1 Å². The second kappa shape index (κ2) is 10.3. The Balaban J connectivity index is 1.28. The number of rotatable bonds is 9. The Bertz CT molecular complexity index is 1050. The molecule has 4 heterocycles. The van der Waals surface area contributed by atoms with E-state index < -0.39 is 11.2 Å². The van der Waals surface area contributed by atoms with Crippen LogP contribution < -0.4 is 10.6 Å². The third-order valence-electron chi connectivity index (χ3n) is 6.32. The molecule has 33 heavy (non-hydrogen) atoms. The molecule has 0 amide bonds. The maximum absolute atomic E-state index is 12.6. The molecule has 2 unspecified atom stereocenters. The zero-order valence-corrected chi connectivity index (χ0v) is 19.8. The van der Waals surface area contributed by atoms with Gasteiger partial charge in [0.1, 0.15) is 17.0 Å². The summed E-state index contributed by atoms with van der Waals surface area (Å²) in [7, 11) is 0. The Labute approximate surface area is 197 Å². The van der Waals surface area contributed by atoms with Gasteiger partial charge in [0.25, 0.3) is 0 Å². The van der Waals surface area contributed by atoms with E-state index >= 15 is 0 Å². The largest absolute Gasteiger partial charge is 0.611 e. The van der Waals surface area contributed by atoms with Gasteiger partial charge in [-0.05, 0) is 49.0 Å². The van der Waals surface area contributed by atoms with E-state index in [1.807, 2.05) is 24.3 Å². The van der Waals surface area contributed by atoms with Crippen molar-refractivity contribution in [3.8, 4) is 0 Å². The van der Waals surface area contributed by atoms with E-state index in [-0.39, 0.29) is 12.0 Å². The average molecular weight is 470 g/mol. The minimum atomic E-state index is -1.04. The van der Waals surface area contributed by atoms with Gasteiger partial charge in [-0.15, -0.1) is 0 Å². The topological polar surface area (TPSA) is 108 Å². The number of nitrogens with zero attached hydrogens (tertiary/aromatic N) is 3. The summed E-state index contributed by atoms with van der Waals surface area (Å²) in [5, 5.41) is 6.93. The standard InChI is InChI=1S/C24H31N5O3S/c1-2-5-16(23-27-18-6-3-4-7-20(18)32-23)8-12-25-24-28-19-11-15-33(30)21(19)22(29-24)26-17-9-13-31-14-10-17/h3-4,6-7,16-17H,2,5,8-15H2,1H3,(H2,25,26,28,29). The molecule has 0 saturated carbocycles. The van der Waals surface area contributed by atoms with Crippen LogP contribution in [0.5, 0.6) is 0 Å². The predicted molar refractivity (Wildman–Crippen MR) is 129 cm³/mol. The van der Waals surface area contributed by atoms with Gasteiger partial charge >= 0.3 is 0 Å². The maximum atomic E-state index is 12.6. The van der Waals surface area contributed by atoms with Crippen LogP contribution in [0.3, 0.4) is 0 Å². The molecule has 9 heteroatoms. The molecular weight excluding hydrogens is 438 g/mol. The molecule has 2 atom stereocenters. The normalized spacial score (nSPS) is 19.5. The van der Waals surface area contributed by atoms with Crippen molar-refractivity contribution in [3.05, 3.63) is 35.9 Å². The van der Waals surface area contributed by atoms with E-state index in [2.05, 4.69) is 22.5 Å². The Morgan fingerprint density at radius 1 is 1.15 bits per heavy atom. The summed E-state index contributed by atoms with van der Waals surface area (Å²) in [6.07, 6.45) is 5.52. The number of anilines is 2. The first-order valence-corrected chi connectivity index (χ1v) is 13.3.